The molecule has 7 heteroatoms. The minimum atomic E-state index is -1.05. The molecule has 0 radical (unpaired) electrons. The molecular formula is C14H12ClN3O3. The number of aromatic amines is 1. The first kappa shape index (κ1) is 13.6. The van der Waals surface area contributed by atoms with Crippen LogP contribution < -0.4 is 0 Å². The molecule has 0 saturated heterocycles. The Labute approximate surface area is 125 Å². The maximum atomic E-state index is 12.4. The molecule has 0 saturated carbocycles. The topological polar surface area (TPSA) is 86.3 Å². The average Bonchev–Trinajstić information content (AvgIpc) is 2.89. The van der Waals surface area contributed by atoms with Gasteiger partial charge in [-0.05, 0) is 24.6 Å². The molecule has 2 heterocycles. The highest BCUT2D eigenvalue weighted by Crippen LogP contribution is 2.22. The number of carbonyl (C=O) groups is 2. The van der Waals surface area contributed by atoms with Crippen LogP contribution in [0.3, 0.4) is 0 Å². The van der Waals surface area contributed by atoms with Crippen molar-refractivity contribution in [1.29, 1.82) is 0 Å². The highest BCUT2D eigenvalue weighted by molar-refractivity contribution is 6.30. The van der Waals surface area contributed by atoms with Crippen LogP contribution in [0.5, 0.6) is 0 Å². The molecule has 1 aliphatic rings. The van der Waals surface area contributed by atoms with E-state index >= 15 is 0 Å². The lowest BCUT2D eigenvalue weighted by atomic mass is 10.0. The fourth-order valence-electron chi connectivity index (χ4n) is 2.47. The van der Waals surface area contributed by atoms with Crippen molar-refractivity contribution in [3.63, 3.8) is 0 Å². The van der Waals surface area contributed by atoms with Crippen LogP contribution in [-0.2, 0) is 13.0 Å². The van der Waals surface area contributed by atoms with Gasteiger partial charge in [-0.3, -0.25) is 9.89 Å². The zero-order valence-corrected chi connectivity index (χ0v) is 11.7. The SMILES string of the molecule is O=C(O)c1n[nH]c2c1CCN(C(=O)c1cccc(Cl)c1)C2. The number of halogens is 1. The van der Waals surface area contributed by atoms with Crippen LogP contribution in [0.2, 0.25) is 5.02 Å². The zero-order chi connectivity index (χ0) is 15.0. The van der Waals surface area contributed by atoms with Crippen LogP contribution in [0, 0.1) is 0 Å². The zero-order valence-electron chi connectivity index (χ0n) is 11.0. The third-order valence-corrected chi connectivity index (χ3v) is 3.73. The van der Waals surface area contributed by atoms with Crippen molar-refractivity contribution in [2.45, 2.75) is 13.0 Å². The number of carboxylic acids is 1. The standard InChI is InChI=1S/C14H12ClN3O3/c15-9-3-1-2-8(6-9)13(19)18-5-4-10-11(7-18)16-17-12(10)14(20)21/h1-3,6H,4-5,7H2,(H,16,17)(H,20,21). The van der Waals surface area contributed by atoms with E-state index in [0.717, 1.165) is 0 Å². The van der Waals surface area contributed by atoms with E-state index in [1.54, 1.807) is 29.2 Å². The molecule has 3 rings (SSSR count). The number of nitrogens with zero attached hydrogens (tertiary/aromatic N) is 2. The van der Waals surface area contributed by atoms with Gasteiger partial charge in [-0.15, -0.1) is 0 Å². The number of fused-ring (bicyclic) bond motifs is 1. The second-order valence-corrected chi connectivity index (χ2v) is 5.26. The number of carbonyl (C=O) groups excluding carboxylic acids is 1. The maximum absolute atomic E-state index is 12.4. The number of H-pyrrole nitrogens is 1. The van der Waals surface area contributed by atoms with Crippen molar-refractivity contribution in [2.75, 3.05) is 6.54 Å². The Morgan fingerprint density at radius 2 is 2.19 bits per heavy atom. The lowest BCUT2D eigenvalue weighted by Gasteiger charge is -2.26. The summed E-state index contributed by atoms with van der Waals surface area (Å²) in [5, 5.41) is 16.0. The second kappa shape index (κ2) is 5.21. The molecule has 1 amide bonds. The van der Waals surface area contributed by atoms with Gasteiger partial charge in [0.2, 0.25) is 0 Å². The van der Waals surface area contributed by atoms with E-state index in [1.165, 1.54) is 0 Å². The summed E-state index contributed by atoms with van der Waals surface area (Å²) in [6.07, 6.45) is 0.472. The molecule has 1 aromatic heterocycles. The minimum absolute atomic E-state index is 0.0415. The van der Waals surface area contributed by atoms with Gasteiger partial charge in [0.05, 0.1) is 12.2 Å². The number of aromatic carboxylic acids is 1. The van der Waals surface area contributed by atoms with Gasteiger partial charge in [-0.1, -0.05) is 17.7 Å². The van der Waals surface area contributed by atoms with Gasteiger partial charge in [0, 0.05) is 22.7 Å². The van der Waals surface area contributed by atoms with E-state index in [0.29, 0.717) is 41.4 Å². The van der Waals surface area contributed by atoms with Gasteiger partial charge in [0.1, 0.15) is 0 Å². The number of hydrogen-bond donors (Lipinski definition) is 2. The Bertz CT molecular complexity index is 726. The monoisotopic (exact) mass is 305 g/mol. The number of hydrogen-bond acceptors (Lipinski definition) is 3. The van der Waals surface area contributed by atoms with Crippen molar-refractivity contribution >= 4 is 23.5 Å². The molecule has 0 bridgehead atoms. The predicted molar refractivity (Wildman–Crippen MR) is 75.4 cm³/mol. The first-order valence-electron chi connectivity index (χ1n) is 6.40. The van der Waals surface area contributed by atoms with E-state index in [1.807, 2.05) is 0 Å². The quantitative estimate of drug-likeness (QED) is 0.888. The smallest absolute Gasteiger partial charge is 0.356 e. The van der Waals surface area contributed by atoms with Crippen LogP contribution >= 0.6 is 11.6 Å². The summed E-state index contributed by atoms with van der Waals surface area (Å²) in [4.78, 5) is 25.1. The fraction of sp³-hybridized carbons (Fsp3) is 0.214. The van der Waals surface area contributed by atoms with Gasteiger partial charge >= 0.3 is 5.97 Å². The normalized spacial score (nSPS) is 13.9. The molecule has 0 fully saturated rings. The lowest BCUT2D eigenvalue weighted by Crippen LogP contribution is -2.36. The summed E-state index contributed by atoms with van der Waals surface area (Å²) in [5.74, 6) is -1.18. The maximum Gasteiger partial charge on any atom is 0.356 e. The molecule has 108 valence electrons. The van der Waals surface area contributed by atoms with Crippen LogP contribution in [-0.4, -0.2) is 38.6 Å². The Morgan fingerprint density at radius 3 is 2.90 bits per heavy atom. The van der Waals surface area contributed by atoms with Gasteiger partial charge in [0.25, 0.3) is 5.91 Å². The van der Waals surface area contributed by atoms with E-state index in [2.05, 4.69) is 10.2 Å². The molecule has 6 nitrogen and oxygen atoms in total. The largest absolute Gasteiger partial charge is 0.476 e. The number of benzene rings is 1. The number of nitrogens with one attached hydrogen (secondary N) is 1. The van der Waals surface area contributed by atoms with Crippen LogP contribution in [0.1, 0.15) is 32.1 Å². The van der Waals surface area contributed by atoms with Crippen LogP contribution in [0.15, 0.2) is 24.3 Å². The first-order chi connectivity index (χ1) is 10.1. The summed E-state index contributed by atoms with van der Waals surface area (Å²) < 4.78 is 0. The molecule has 0 aliphatic carbocycles. The third-order valence-electron chi connectivity index (χ3n) is 3.49. The van der Waals surface area contributed by atoms with Crippen molar-refractivity contribution in [3.8, 4) is 0 Å². The minimum Gasteiger partial charge on any atom is -0.476 e. The second-order valence-electron chi connectivity index (χ2n) is 4.82. The van der Waals surface area contributed by atoms with Crippen molar-refractivity contribution in [1.82, 2.24) is 15.1 Å². The molecular weight excluding hydrogens is 294 g/mol. The Kier molecular flexibility index (Phi) is 3.39. The summed E-state index contributed by atoms with van der Waals surface area (Å²) in [6.45, 7) is 0.777. The molecule has 21 heavy (non-hydrogen) atoms. The number of amides is 1. The predicted octanol–water partition coefficient (Wildman–Crippen LogP) is 1.96. The van der Waals surface area contributed by atoms with Crippen molar-refractivity contribution in [2.24, 2.45) is 0 Å². The molecule has 1 aliphatic heterocycles. The summed E-state index contributed by atoms with van der Waals surface area (Å²) in [6, 6.07) is 6.76. The Balaban J connectivity index is 1.83. The molecule has 2 N–H and O–H groups in total. The Morgan fingerprint density at radius 1 is 1.38 bits per heavy atom. The van der Waals surface area contributed by atoms with Gasteiger partial charge < -0.3 is 10.0 Å². The van der Waals surface area contributed by atoms with E-state index in [4.69, 9.17) is 16.7 Å². The number of aromatic nitrogens is 2. The third kappa shape index (κ3) is 2.50. The molecule has 2 aromatic rings. The number of carboxylic acid groups (broad SMARTS) is 1. The van der Waals surface area contributed by atoms with Crippen LogP contribution in [0.4, 0.5) is 0 Å². The molecule has 1 aromatic carbocycles. The van der Waals surface area contributed by atoms with E-state index < -0.39 is 5.97 Å². The van der Waals surface area contributed by atoms with Crippen molar-refractivity contribution in [3.05, 3.63) is 51.8 Å². The summed E-state index contributed by atoms with van der Waals surface area (Å²) >= 11 is 5.89. The van der Waals surface area contributed by atoms with Gasteiger partial charge in [-0.25, -0.2) is 4.79 Å². The molecule has 0 spiro atoms. The first-order valence-corrected chi connectivity index (χ1v) is 6.78. The number of rotatable bonds is 2. The highest BCUT2D eigenvalue weighted by Gasteiger charge is 2.27. The fourth-order valence-corrected chi connectivity index (χ4v) is 2.66. The molecule has 0 atom stereocenters. The van der Waals surface area contributed by atoms with Crippen LogP contribution in [0.25, 0.3) is 0 Å². The van der Waals surface area contributed by atoms with Gasteiger partial charge in [-0.2, -0.15) is 5.10 Å². The van der Waals surface area contributed by atoms with Crippen molar-refractivity contribution < 1.29 is 14.7 Å². The molecule has 0 unspecified atom stereocenters. The van der Waals surface area contributed by atoms with Gasteiger partial charge in [0.15, 0.2) is 5.69 Å². The highest BCUT2D eigenvalue weighted by atomic mass is 35.5. The van der Waals surface area contributed by atoms with E-state index in [9.17, 15) is 9.59 Å². The summed E-state index contributed by atoms with van der Waals surface area (Å²) in [7, 11) is 0. The summed E-state index contributed by atoms with van der Waals surface area (Å²) in [5.41, 5.74) is 1.91. The lowest BCUT2D eigenvalue weighted by molar-refractivity contribution is 0.0689. The average molecular weight is 306 g/mol. The Hall–Kier alpha value is -2.34. The van der Waals surface area contributed by atoms with E-state index in [-0.39, 0.29) is 11.6 Å².